The molecule has 0 aromatic carbocycles. The van der Waals surface area contributed by atoms with Crippen LogP contribution in [0.5, 0.6) is 0 Å². The van der Waals surface area contributed by atoms with Gasteiger partial charge in [-0.25, -0.2) is 13.6 Å². The molecule has 0 aromatic heterocycles. The Labute approximate surface area is 88.1 Å². The van der Waals surface area contributed by atoms with Crippen LogP contribution in [0, 0.1) is 11.8 Å². The molecule has 0 aliphatic carbocycles. The molecule has 2 N–H and O–H groups in total. The Hall–Kier alpha value is -0.0900. The minimum absolute atomic E-state index is 0.0838. The van der Waals surface area contributed by atoms with Crippen molar-refractivity contribution in [3.63, 3.8) is 0 Å². The number of nitrogens with two attached hydrogens (primary N) is 1. The molecular weight excluding hydrogens is 198 g/mol. The average Bonchev–Trinajstić information content (AvgIpc) is 1.99. The SMILES string of the molecule is C[C](CCCC(C)C)CCS(N)(=O)=O. The van der Waals surface area contributed by atoms with E-state index in [0.29, 0.717) is 6.42 Å². The minimum Gasteiger partial charge on any atom is -0.229 e. The number of primary sulfonamides is 1. The molecule has 85 valence electrons. The van der Waals surface area contributed by atoms with Gasteiger partial charge in [0, 0.05) is 0 Å². The van der Waals surface area contributed by atoms with Gasteiger partial charge in [0.2, 0.25) is 10.0 Å². The molecule has 1 radical (unpaired) electrons. The molecule has 0 spiro atoms. The summed E-state index contributed by atoms with van der Waals surface area (Å²) in [5.74, 6) is 2.04. The maximum Gasteiger partial charge on any atom is 0.209 e. The third-order valence-corrected chi connectivity index (χ3v) is 2.97. The van der Waals surface area contributed by atoms with Gasteiger partial charge in [-0.15, -0.1) is 0 Å². The maximum absolute atomic E-state index is 10.7. The number of rotatable bonds is 7. The predicted octanol–water partition coefficient (Wildman–Crippen LogP) is 2.09. The fourth-order valence-electron chi connectivity index (χ4n) is 1.25. The Morgan fingerprint density at radius 1 is 1.29 bits per heavy atom. The summed E-state index contributed by atoms with van der Waals surface area (Å²) in [6, 6.07) is 0. The topological polar surface area (TPSA) is 60.2 Å². The molecule has 0 saturated carbocycles. The molecule has 4 heteroatoms. The van der Waals surface area contributed by atoms with Crippen LogP contribution in [0.1, 0.15) is 46.5 Å². The minimum atomic E-state index is -3.28. The molecule has 0 aliphatic rings. The molecule has 0 aliphatic heterocycles. The molecule has 0 aromatic rings. The fraction of sp³-hybridized carbons (Fsp3) is 0.900. The molecule has 0 heterocycles. The third kappa shape index (κ3) is 9.99. The average molecular weight is 220 g/mol. The van der Waals surface area contributed by atoms with Crippen molar-refractivity contribution >= 4 is 10.0 Å². The van der Waals surface area contributed by atoms with Gasteiger partial charge >= 0.3 is 0 Å². The van der Waals surface area contributed by atoms with Crippen LogP contribution >= 0.6 is 0 Å². The van der Waals surface area contributed by atoms with Crippen molar-refractivity contribution in [3.8, 4) is 0 Å². The normalized spacial score (nSPS) is 12.7. The van der Waals surface area contributed by atoms with E-state index in [9.17, 15) is 8.42 Å². The summed E-state index contributed by atoms with van der Waals surface area (Å²) in [7, 11) is -3.28. The van der Waals surface area contributed by atoms with E-state index in [1.165, 1.54) is 12.3 Å². The van der Waals surface area contributed by atoms with Gasteiger partial charge < -0.3 is 0 Å². The maximum atomic E-state index is 10.7. The molecule has 0 bridgehead atoms. The molecule has 0 saturated heterocycles. The summed E-state index contributed by atoms with van der Waals surface area (Å²) in [6.07, 6.45) is 3.98. The second-order valence-electron chi connectivity index (χ2n) is 4.36. The summed E-state index contributed by atoms with van der Waals surface area (Å²) in [5, 5.41) is 4.92. The fourth-order valence-corrected chi connectivity index (χ4v) is 1.89. The lowest BCUT2D eigenvalue weighted by Crippen LogP contribution is -2.17. The molecule has 0 fully saturated rings. The summed E-state index contributed by atoms with van der Waals surface area (Å²) in [4.78, 5) is 0. The first-order chi connectivity index (χ1) is 6.31. The third-order valence-electron chi connectivity index (χ3n) is 2.20. The van der Waals surface area contributed by atoms with Gasteiger partial charge in [0.25, 0.3) is 0 Å². The lowest BCUT2D eigenvalue weighted by atomic mass is 9.98. The number of hydrogen-bond donors (Lipinski definition) is 1. The second-order valence-corrected chi connectivity index (χ2v) is 6.09. The van der Waals surface area contributed by atoms with Crippen LogP contribution < -0.4 is 5.14 Å². The van der Waals surface area contributed by atoms with Crippen molar-refractivity contribution in [2.24, 2.45) is 11.1 Å². The molecule has 0 atom stereocenters. The monoisotopic (exact) mass is 220 g/mol. The summed E-state index contributed by atoms with van der Waals surface area (Å²) >= 11 is 0. The van der Waals surface area contributed by atoms with E-state index in [1.54, 1.807) is 0 Å². The molecule has 0 rings (SSSR count). The Morgan fingerprint density at radius 2 is 1.86 bits per heavy atom. The first kappa shape index (κ1) is 13.9. The predicted molar refractivity (Wildman–Crippen MR) is 60.2 cm³/mol. The van der Waals surface area contributed by atoms with Gasteiger partial charge in [-0.05, 0) is 24.7 Å². The van der Waals surface area contributed by atoms with Gasteiger partial charge in [0.15, 0.2) is 0 Å². The van der Waals surface area contributed by atoms with Crippen molar-refractivity contribution in [1.29, 1.82) is 0 Å². The Kier molecular flexibility index (Phi) is 6.36. The largest absolute Gasteiger partial charge is 0.229 e. The van der Waals surface area contributed by atoms with Crippen LogP contribution in [0.15, 0.2) is 0 Å². The van der Waals surface area contributed by atoms with Gasteiger partial charge in [-0.3, -0.25) is 0 Å². The van der Waals surface area contributed by atoms with Crippen LogP contribution in [0.4, 0.5) is 0 Å². The van der Waals surface area contributed by atoms with Crippen molar-refractivity contribution in [2.75, 3.05) is 5.75 Å². The molecule has 3 nitrogen and oxygen atoms in total. The Bertz CT molecular complexity index is 235. The van der Waals surface area contributed by atoms with E-state index >= 15 is 0 Å². The zero-order valence-corrected chi connectivity index (χ0v) is 10.2. The van der Waals surface area contributed by atoms with E-state index in [1.807, 2.05) is 6.92 Å². The van der Waals surface area contributed by atoms with Crippen molar-refractivity contribution in [3.05, 3.63) is 5.92 Å². The lowest BCUT2D eigenvalue weighted by Gasteiger charge is -2.10. The van der Waals surface area contributed by atoms with E-state index in [2.05, 4.69) is 13.8 Å². The molecular formula is C10H22NO2S. The van der Waals surface area contributed by atoms with Crippen molar-refractivity contribution in [2.45, 2.75) is 46.5 Å². The summed E-state index contributed by atoms with van der Waals surface area (Å²) in [5.41, 5.74) is 0. The van der Waals surface area contributed by atoms with Crippen LogP contribution in [-0.4, -0.2) is 14.2 Å². The smallest absolute Gasteiger partial charge is 0.209 e. The zero-order chi connectivity index (χ0) is 11.2. The Morgan fingerprint density at radius 3 is 2.29 bits per heavy atom. The lowest BCUT2D eigenvalue weighted by molar-refractivity contribution is 0.535. The van der Waals surface area contributed by atoms with Crippen LogP contribution in [0.3, 0.4) is 0 Å². The number of sulfonamides is 1. The quantitative estimate of drug-likeness (QED) is 0.714. The highest BCUT2D eigenvalue weighted by Gasteiger charge is 2.08. The summed E-state index contributed by atoms with van der Waals surface area (Å²) in [6.45, 7) is 6.39. The Balaban J connectivity index is 3.51. The molecule has 0 unspecified atom stereocenters. The highest BCUT2D eigenvalue weighted by molar-refractivity contribution is 7.89. The van der Waals surface area contributed by atoms with E-state index in [4.69, 9.17) is 5.14 Å². The van der Waals surface area contributed by atoms with Crippen LogP contribution in [0.25, 0.3) is 0 Å². The second kappa shape index (κ2) is 6.40. The van der Waals surface area contributed by atoms with Crippen LogP contribution in [-0.2, 0) is 10.0 Å². The standard InChI is InChI=1S/C10H22NO2S/c1-9(2)5-4-6-10(3)7-8-14(11,12)13/h9H,4-8H2,1-3H3,(H2,11,12,13). The summed E-state index contributed by atoms with van der Waals surface area (Å²) < 4.78 is 21.4. The number of hydrogen-bond acceptors (Lipinski definition) is 2. The molecule has 14 heavy (non-hydrogen) atoms. The first-order valence-electron chi connectivity index (χ1n) is 5.13. The van der Waals surface area contributed by atoms with E-state index in [-0.39, 0.29) is 5.75 Å². The van der Waals surface area contributed by atoms with Crippen LogP contribution in [0.2, 0.25) is 0 Å². The van der Waals surface area contributed by atoms with Crippen molar-refractivity contribution < 1.29 is 8.42 Å². The van der Waals surface area contributed by atoms with E-state index < -0.39 is 10.0 Å². The molecule has 0 amide bonds. The first-order valence-corrected chi connectivity index (χ1v) is 6.84. The van der Waals surface area contributed by atoms with Gasteiger partial charge in [-0.2, -0.15) is 0 Å². The van der Waals surface area contributed by atoms with Gasteiger partial charge in [0.1, 0.15) is 0 Å². The van der Waals surface area contributed by atoms with E-state index in [0.717, 1.165) is 18.8 Å². The van der Waals surface area contributed by atoms with Crippen molar-refractivity contribution in [1.82, 2.24) is 0 Å². The zero-order valence-electron chi connectivity index (χ0n) is 9.41. The highest BCUT2D eigenvalue weighted by atomic mass is 32.2. The highest BCUT2D eigenvalue weighted by Crippen LogP contribution is 2.17. The van der Waals surface area contributed by atoms with Gasteiger partial charge in [0.05, 0.1) is 5.75 Å². The van der Waals surface area contributed by atoms with Gasteiger partial charge in [-0.1, -0.05) is 33.6 Å².